The van der Waals surface area contributed by atoms with Crippen LogP contribution in [0.25, 0.3) is 11.0 Å². The van der Waals surface area contributed by atoms with Crippen molar-refractivity contribution in [1.29, 1.82) is 0 Å². The molecule has 0 saturated carbocycles. The normalized spacial score (nSPS) is 12.5. The number of nitrogens with zero attached hydrogens (tertiary/aromatic N) is 3. The van der Waals surface area contributed by atoms with E-state index in [0.29, 0.717) is 11.5 Å². The molecule has 3 rings (SSSR count). The Morgan fingerprint density at radius 3 is 2.67 bits per heavy atom. The number of ether oxygens (including phenoxy) is 1. The third-order valence-electron chi connectivity index (χ3n) is 3.57. The van der Waals surface area contributed by atoms with Gasteiger partial charge in [-0.05, 0) is 24.6 Å². The first-order chi connectivity index (χ1) is 10.1. The van der Waals surface area contributed by atoms with Gasteiger partial charge >= 0.3 is 0 Å². The van der Waals surface area contributed by atoms with Gasteiger partial charge in [-0.3, -0.25) is 4.98 Å². The maximum absolute atomic E-state index is 13.8. The number of hydrogen-bond donors (Lipinski definition) is 1. The SMILES string of the molecule is COc1cc2c(cc1F)nc(N)n2C(C)c1ccncc1. The number of halogens is 1. The lowest BCUT2D eigenvalue weighted by Gasteiger charge is -2.16. The largest absolute Gasteiger partial charge is 0.494 e. The summed E-state index contributed by atoms with van der Waals surface area (Å²) in [6, 6.07) is 6.73. The molecule has 2 N–H and O–H groups in total. The van der Waals surface area contributed by atoms with Crippen molar-refractivity contribution < 1.29 is 9.13 Å². The molecule has 2 heterocycles. The molecule has 21 heavy (non-hydrogen) atoms. The Labute approximate surface area is 121 Å². The van der Waals surface area contributed by atoms with Crippen molar-refractivity contribution in [1.82, 2.24) is 14.5 Å². The number of anilines is 1. The number of rotatable bonds is 3. The summed E-state index contributed by atoms with van der Waals surface area (Å²) in [5, 5.41) is 0. The molecule has 0 amide bonds. The molecular weight excluding hydrogens is 271 g/mol. The van der Waals surface area contributed by atoms with Crippen molar-refractivity contribution >= 4 is 17.0 Å². The zero-order valence-electron chi connectivity index (χ0n) is 11.7. The number of fused-ring (bicyclic) bond motifs is 1. The second-order valence-electron chi connectivity index (χ2n) is 4.77. The molecule has 6 heteroatoms. The maximum atomic E-state index is 13.8. The van der Waals surface area contributed by atoms with Crippen molar-refractivity contribution in [3.8, 4) is 5.75 Å². The summed E-state index contributed by atoms with van der Waals surface area (Å²) in [5.41, 5.74) is 8.28. The lowest BCUT2D eigenvalue weighted by Crippen LogP contribution is -2.10. The second kappa shape index (κ2) is 5.05. The Morgan fingerprint density at radius 1 is 1.29 bits per heavy atom. The van der Waals surface area contributed by atoms with Crippen LogP contribution < -0.4 is 10.5 Å². The average molecular weight is 286 g/mol. The molecule has 5 nitrogen and oxygen atoms in total. The fourth-order valence-corrected chi connectivity index (χ4v) is 2.47. The molecule has 2 aromatic heterocycles. The molecule has 0 spiro atoms. The van der Waals surface area contributed by atoms with Crippen LogP contribution >= 0.6 is 0 Å². The molecule has 0 aliphatic heterocycles. The molecule has 0 fully saturated rings. The monoisotopic (exact) mass is 286 g/mol. The number of nitrogens with two attached hydrogens (primary N) is 1. The first-order valence-electron chi connectivity index (χ1n) is 6.52. The van der Waals surface area contributed by atoms with Crippen molar-refractivity contribution in [2.75, 3.05) is 12.8 Å². The molecule has 0 aliphatic carbocycles. The van der Waals surface area contributed by atoms with Gasteiger partial charge in [0, 0.05) is 24.5 Å². The number of imidazole rings is 1. The van der Waals surface area contributed by atoms with Crippen molar-refractivity contribution in [2.45, 2.75) is 13.0 Å². The summed E-state index contributed by atoms with van der Waals surface area (Å²) < 4.78 is 20.7. The van der Waals surface area contributed by atoms with Crippen LogP contribution in [0.15, 0.2) is 36.7 Å². The minimum absolute atomic E-state index is 0.0480. The summed E-state index contributed by atoms with van der Waals surface area (Å²) >= 11 is 0. The highest BCUT2D eigenvalue weighted by atomic mass is 19.1. The van der Waals surface area contributed by atoms with E-state index in [1.54, 1.807) is 18.5 Å². The van der Waals surface area contributed by atoms with Gasteiger partial charge in [0.25, 0.3) is 0 Å². The number of nitrogen functional groups attached to an aromatic ring is 1. The van der Waals surface area contributed by atoms with E-state index in [4.69, 9.17) is 10.5 Å². The van der Waals surface area contributed by atoms with Crippen LogP contribution in [0.5, 0.6) is 5.75 Å². The molecule has 0 radical (unpaired) electrons. The molecule has 1 unspecified atom stereocenters. The molecule has 0 bridgehead atoms. The van der Waals surface area contributed by atoms with Crippen LogP contribution in [0.1, 0.15) is 18.5 Å². The van der Waals surface area contributed by atoms with Crippen LogP contribution in [0.2, 0.25) is 0 Å². The van der Waals surface area contributed by atoms with Gasteiger partial charge in [0.1, 0.15) is 0 Å². The van der Waals surface area contributed by atoms with E-state index in [-0.39, 0.29) is 11.8 Å². The smallest absolute Gasteiger partial charge is 0.201 e. The Morgan fingerprint density at radius 2 is 2.00 bits per heavy atom. The van der Waals surface area contributed by atoms with Crippen molar-refractivity contribution in [3.63, 3.8) is 0 Å². The van der Waals surface area contributed by atoms with E-state index in [9.17, 15) is 4.39 Å². The van der Waals surface area contributed by atoms with Gasteiger partial charge in [0.05, 0.1) is 24.2 Å². The van der Waals surface area contributed by atoms with Gasteiger partial charge in [-0.15, -0.1) is 0 Å². The molecule has 1 aromatic carbocycles. The quantitative estimate of drug-likeness (QED) is 0.804. The number of benzene rings is 1. The molecule has 108 valence electrons. The topological polar surface area (TPSA) is 66.0 Å². The molecule has 3 aromatic rings. The van der Waals surface area contributed by atoms with Gasteiger partial charge in [-0.25, -0.2) is 9.37 Å². The number of aromatic nitrogens is 3. The third-order valence-corrected chi connectivity index (χ3v) is 3.57. The summed E-state index contributed by atoms with van der Waals surface area (Å²) in [5.74, 6) is 0.0544. The van der Waals surface area contributed by atoms with E-state index in [1.165, 1.54) is 13.2 Å². The Balaban J connectivity index is 2.20. The zero-order valence-corrected chi connectivity index (χ0v) is 11.7. The summed E-state index contributed by atoms with van der Waals surface area (Å²) in [4.78, 5) is 8.23. The van der Waals surface area contributed by atoms with Crippen LogP contribution in [0, 0.1) is 5.82 Å². The van der Waals surface area contributed by atoms with E-state index in [0.717, 1.165) is 11.1 Å². The van der Waals surface area contributed by atoms with Crippen molar-refractivity contribution in [2.24, 2.45) is 0 Å². The van der Waals surface area contributed by atoms with Crippen molar-refractivity contribution in [3.05, 3.63) is 48.0 Å². The van der Waals surface area contributed by atoms with Crippen LogP contribution in [0.4, 0.5) is 10.3 Å². The van der Waals surface area contributed by atoms with Gasteiger partial charge < -0.3 is 15.0 Å². The van der Waals surface area contributed by atoms with Gasteiger partial charge in [-0.1, -0.05) is 0 Å². The zero-order chi connectivity index (χ0) is 15.0. The van der Waals surface area contributed by atoms with Crippen LogP contribution in [0.3, 0.4) is 0 Å². The first-order valence-corrected chi connectivity index (χ1v) is 6.52. The van der Waals surface area contributed by atoms with E-state index < -0.39 is 5.82 Å². The first kappa shape index (κ1) is 13.4. The van der Waals surface area contributed by atoms with Gasteiger partial charge in [0.2, 0.25) is 5.95 Å². The fraction of sp³-hybridized carbons (Fsp3) is 0.200. The number of methoxy groups -OCH3 is 1. The van der Waals surface area contributed by atoms with E-state index >= 15 is 0 Å². The average Bonchev–Trinajstić information content (AvgIpc) is 2.81. The number of pyridine rings is 1. The third kappa shape index (κ3) is 2.18. The Hall–Kier alpha value is -2.63. The lowest BCUT2D eigenvalue weighted by atomic mass is 10.1. The van der Waals surface area contributed by atoms with E-state index in [1.807, 2.05) is 23.6 Å². The second-order valence-corrected chi connectivity index (χ2v) is 4.77. The highest BCUT2D eigenvalue weighted by Gasteiger charge is 2.18. The highest BCUT2D eigenvalue weighted by Crippen LogP contribution is 2.30. The summed E-state index contributed by atoms with van der Waals surface area (Å²) in [6.45, 7) is 2.00. The standard InChI is InChI=1S/C15H15FN4O/c1-9(10-3-5-18-6-4-10)20-13-8-14(21-2)11(16)7-12(13)19-15(20)17/h3-9H,1-2H3,(H2,17,19). The molecule has 0 aliphatic rings. The molecule has 0 saturated heterocycles. The molecular formula is C15H15FN4O. The predicted molar refractivity (Wildman–Crippen MR) is 78.7 cm³/mol. The maximum Gasteiger partial charge on any atom is 0.201 e. The fourth-order valence-electron chi connectivity index (χ4n) is 2.47. The predicted octanol–water partition coefficient (Wildman–Crippen LogP) is 2.77. The minimum Gasteiger partial charge on any atom is -0.494 e. The minimum atomic E-state index is -0.453. The van der Waals surface area contributed by atoms with Crippen LogP contribution in [-0.2, 0) is 0 Å². The summed E-state index contributed by atoms with van der Waals surface area (Å²) in [7, 11) is 1.43. The van der Waals surface area contributed by atoms with Gasteiger partial charge in [0.15, 0.2) is 11.6 Å². The lowest BCUT2D eigenvalue weighted by molar-refractivity contribution is 0.387. The molecule has 1 atom stereocenters. The Kier molecular flexibility index (Phi) is 3.21. The Bertz CT molecular complexity index is 785. The number of hydrogen-bond acceptors (Lipinski definition) is 4. The van der Waals surface area contributed by atoms with E-state index in [2.05, 4.69) is 9.97 Å². The van der Waals surface area contributed by atoms with Crippen LogP contribution in [-0.4, -0.2) is 21.6 Å². The highest BCUT2D eigenvalue weighted by molar-refractivity contribution is 5.80. The summed E-state index contributed by atoms with van der Waals surface area (Å²) in [6.07, 6.45) is 3.45. The van der Waals surface area contributed by atoms with Gasteiger partial charge in [-0.2, -0.15) is 0 Å².